The minimum Gasteiger partial charge on any atom is -0.355 e. The van der Waals surface area contributed by atoms with Gasteiger partial charge in [0.05, 0.1) is 0 Å². The Bertz CT molecular complexity index is 122. The average molecular weight is 232 g/mol. The van der Waals surface area contributed by atoms with E-state index in [4.69, 9.17) is 5.73 Å². The van der Waals surface area contributed by atoms with Gasteiger partial charge in [-0.05, 0) is 14.1 Å². The number of nitrogens with two attached hydrogens (primary N) is 1. The number of halogens is 2. The zero-order chi connectivity index (χ0) is 8.69. The summed E-state index contributed by atoms with van der Waals surface area (Å²) in [5, 5.41) is 2.75. The molecule has 0 saturated carbocycles. The quantitative estimate of drug-likeness (QED) is 0.693. The molecule has 0 aliphatic carbocycles. The summed E-state index contributed by atoms with van der Waals surface area (Å²) >= 11 is 0. The number of hydrogen-bond donors (Lipinski definition) is 2. The molecule has 0 spiro atoms. The van der Waals surface area contributed by atoms with Gasteiger partial charge in [-0.1, -0.05) is 0 Å². The highest BCUT2D eigenvalue weighted by molar-refractivity contribution is 5.85. The van der Waals surface area contributed by atoms with E-state index in [1.165, 1.54) is 0 Å². The molecule has 0 aliphatic rings. The predicted molar refractivity (Wildman–Crippen MR) is 59.7 cm³/mol. The van der Waals surface area contributed by atoms with Crippen molar-refractivity contribution in [3.8, 4) is 0 Å². The van der Waals surface area contributed by atoms with Crippen LogP contribution in [0.25, 0.3) is 0 Å². The molecular formula is C7H19Cl2N3O. The number of likely N-dealkylation sites (N-methyl/N-ethyl adjacent to an activating group) is 1. The van der Waals surface area contributed by atoms with Crippen molar-refractivity contribution in [1.29, 1.82) is 0 Å². The maximum absolute atomic E-state index is 10.8. The SMILES string of the molecule is CN(C)CCNC(=O)CCN.Cl.Cl. The van der Waals surface area contributed by atoms with Gasteiger partial charge in [-0.2, -0.15) is 0 Å². The average Bonchev–Trinajstić information content (AvgIpc) is 1.87. The second kappa shape index (κ2) is 12.0. The van der Waals surface area contributed by atoms with Crippen LogP contribution in [0.3, 0.4) is 0 Å². The van der Waals surface area contributed by atoms with E-state index >= 15 is 0 Å². The van der Waals surface area contributed by atoms with Crippen molar-refractivity contribution in [2.75, 3.05) is 33.7 Å². The molecule has 0 radical (unpaired) electrons. The molecule has 0 aromatic heterocycles. The fraction of sp³-hybridized carbons (Fsp3) is 0.857. The minimum absolute atomic E-state index is 0. The van der Waals surface area contributed by atoms with Crippen LogP contribution in [0.5, 0.6) is 0 Å². The van der Waals surface area contributed by atoms with Gasteiger partial charge < -0.3 is 16.0 Å². The van der Waals surface area contributed by atoms with Gasteiger partial charge in [0.1, 0.15) is 0 Å². The number of amides is 1. The highest BCUT2D eigenvalue weighted by Gasteiger charge is 1.97. The molecule has 0 aromatic carbocycles. The van der Waals surface area contributed by atoms with E-state index in [-0.39, 0.29) is 30.7 Å². The first-order valence-electron chi connectivity index (χ1n) is 3.78. The van der Waals surface area contributed by atoms with E-state index in [1.54, 1.807) is 0 Å². The largest absolute Gasteiger partial charge is 0.355 e. The number of nitrogens with zero attached hydrogens (tertiary/aromatic N) is 1. The first-order chi connectivity index (χ1) is 5.16. The molecule has 3 N–H and O–H groups in total. The van der Waals surface area contributed by atoms with Crippen molar-refractivity contribution in [2.24, 2.45) is 5.73 Å². The Labute approximate surface area is 92.0 Å². The Hall–Kier alpha value is -0.0300. The molecule has 4 nitrogen and oxygen atoms in total. The van der Waals surface area contributed by atoms with E-state index in [1.807, 2.05) is 19.0 Å². The molecule has 0 atom stereocenters. The normalized spacial score (nSPS) is 8.62. The lowest BCUT2D eigenvalue weighted by atomic mass is 10.4. The minimum atomic E-state index is 0. The van der Waals surface area contributed by atoms with Gasteiger partial charge in [0.15, 0.2) is 0 Å². The smallest absolute Gasteiger partial charge is 0.221 e. The van der Waals surface area contributed by atoms with Crippen LogP contribution in [0.2, 0.25) is 0 Å². The van der Waals surface area contributed by atoms with Gasteiger partial charge >= 0.3 is 0 Å². The summed E-state index contributed by atoms with van der Waals surface area (Å²) in [6.45, 7) is 2.00. The Morgan fingerprint density at radius 2 is 1.92 bits per heavy atom. The molecule has 0 aromatic rings. The summed E-state index contributed by atoms with van der Waals surface area (Å²) in [5.41, 5.74) is 5.19. The first-order valence-corrected chi connectivity index (χ1v) is 3.78. The second-order valence-corrected chi connectivity index (χ2v) is 2.69. The zero-order valence-electron chi connectivity index (χ0n) is 8.08. The van der Waals surface area contributed by atoms with Crippen LogP contribution in [-0.4, -0.2) is 44.5 Å². The van der Waals surface area contributed by atoms with Crippen LogP contribution in [0.4, 0.5) is 0 Å². The van der Waals surface area contributed by atoms with Crippen LogP contribution < -0.4 is 11.1 Å². The van der Waals surface area contributed by atoms with E-state index in [0.29, 0.717) is 19.5 Å². The molecular weight excluding hydrogens is 213 g/mol. The van der Waals surface area contributed by atoms with Gasteiger partial charge in [0, 0.05) is 26.1 Å². The third kappa shape index (κ3) is 14.8. The van der Waals surface area contributed by atoms with Crippen molar-refractivity contribution in [1.82, 2.24) is 10.2 Å². The number of nitrogens with one attached hydrogen (secondary N) is 1. The maximum Gasteiger partial charge on any atom is 0.221 e. The van der Waals surface area contributed by atoms with E-state index in [0.717, 1.165) is 6.54 Å². The highest BCUT2D eigenvalue weighted by atomic mass is 35.5. The molecule has 0 aliphatic heterocycles. The molecule has 0 heterocycles. The monoisotopic (exact) mass is 231 g/mol. The summed E-state index contributed by atoms with van der Waals surface area (Å²) in [5.74, 6) is 0.0364. The number of rotatable bonds is 5. The maximum atomic E-state index is 10.8. The second-order valence-electron chi connectivity index (χ2n) is 2.69. The third-order valence-corrected chi connectivity index (χ3v) is 1.25. The highest BCUT2D eigenvalue weighted by Crippen LogP contribution is 1.75. The molecule has 13 heavy (non-hydrogen) atoms. The zero-order valence-corrected chi connectivity index (χ0v) is 9.71. The van der Waals surface area contributed by atoms with Crippen LogP contribution >= 0.6 is 24.8 Å². The van der Waals surface area contributed by atoms with E-state index in [2.05, 4.69) is 5.32 Å². The molecule has 6 heteroatoms. The lowest BCUT2D eigenvalue weighted by Gasteiger charge is -2.09. The number of carbonyl (C=O) groups excluding carboxylic acids is 1. The lowest BCUT2D eigenvalue weighted by molar-refractivity contribution is -0.120. The Balaban J connectivity index is -0.000000500. The summed E-state index contributed by atoms with van der Waals surface area (Å²) in [7, 11) is 3.93. The van der Waals surface area contributed by atoms with Gasteiger partial charge in [-0.25, -0.2) is 0 Å². The summed E-state index contributed by atoms with van der Waals surface area (Å²) in [4.78, 5) is 12.8. The van der Waals surface area contributed by atoms with Gasteiger partial charge in [0.2, 0.25) is 5.91 Å². The standard InChI is InChI=1S/C7H17N3O.2ClH/c1-10(2)6-5-9-7(11)3-4-8;;/h3-6,8H2,1-2H3,(H,9,11);2*1H. The number of carbonyl (C=O) groups is 1. The van der Waals surface area contributed by atoms with Gasteiger partial charge in [0.25, 0.3) is 0 Å². The van der Waals surface area contributed by atoms with Crippen molar-refractivity contribution in [2.45, 2.75) is 6.42 Å². The first kappa shape index (κ1) is 18.7. The van der Waals surface area contributed by atoms with Crippen molar-refractivity contribution in [3.05, 3.63) is 0 Å². The van der Waals surface area contributed by atoms with Crippen molar-refractivity contribution in [3.63, 3.8) is 0 Å². The van der Waals surface area contributed by atoms with E-state index < -0.39 is 0 Å². The fourth-order valence-electron chi connectivity index (χ4n) is 0.638. The molecule has 0 saturated heterocycles. The van der Waals surface area contributed by atoms with Crippen LogP contribution in [0, 0.1) is 0 Å². The topological polar surface area (TPSA) is 58.4 Å². The Kier molecular flexibility index (Phi) is 17.2. The van der Waals surface area contributed by atoms with Gasteiger partial charge in [-0.15, -0.1) is 24.8 Å². The van der Waals surface area contributed by atoms with Crippen molar-refractivity contribution < 1.29 is 4.79 Å². The molecule has 0 bridgehead atoms. The molecule has 82 valence electrons. The Morgan fingerprint density at radius 1 is 1.38 bits per heavy atom. The van der Waals surface area contributed by atoms with E-state index in [9.17, 15) is 4.79 Å². The summed E-state index contributed by atoms with van der Waals surface area (Å²) in [6, 6.07) is 0. The third-order valence-electron chi connectivity index (χ3n) is 1.25. The Morgan fingerprint density at radius 3 is 2.31 bits per heavy atom. The van der Waals surface area contributed by atoms with Gasteiger partial charge in [-0.3, -0.25) is 4.79 Å². The molecule has 1 amide bonds. The van der Waals surface area contributed by atoms with Crippen molar-refractivity contribution >= 4 is 30.7 Å². The van der Waals surface area contributed by atoms with Crippen LogP contribution in [0.1, 0.15) is 6.42 Å². The lowest BCUT2D eigenvalue weighted by Crippen LogP contribution is -2.32. The number of hydrogen-bond acceptors (Lipinski definition) is 3. The molecule has 0 fully saturated rings. The predicted octanol–water partition coefficient (Wildman–Crippen LogP) is -0.143. The molecule has 0 unspecified atom stereocenters. The summed E-state index contributed by atoms with van der Waals surface area (Å²) < 4.78 is 0. The fourth-order valence-corrected chi connectivity index (χ4v) is 0.638. The van der Waals surface area contributed by atoms with Crippen LogP contribution in [0.15, 0.2) is 0 Å². The van der Waals surface area contributed by atoms with Crippen LogP contribution in [-0.2, 0) is 4.79 Å². The molecule has 0 rings (SSSR count). The summed E-state index contributed by atoms with van der Waals surface area (Å²) in [6.07, 6.45) is 0.424.